The van der Waals surface area contributed by atoms with Gasteiger partial charge in [-0.05, 0) is 42.0 Å². The van der Waals surface area contributed by atoms with Crippen molar-refractivity contribution in [2.24, 2.45) is 0 Å². The Balaban J connectivity index is 1.35. The molecule has 0 atom stereocenters. The van der Waals surface area contributed by atoms with Crippen molar-refractivity contribution in [3.05, 3.63) is 94.0 Å². The SMILES string of the molecule is COc1ccc(N2CCN(C(=O)c3ccc(COc4ccccc4)cc3)CC2)c([N+](=O)[O-])c1. The first-order valence-electron chi connectivity index (χ1n) is 10.7. The average molecular weight is 447 g/mol. The molecule has 0 bridgehead atoms. The molecule has 3 aromatic carbocycles. The van der Waals surface area contributed by atoms with Crippen LogP contribution < -0.4 is 14.4 Å². The minimum absolute atomic E-state index is 0.00226. The molecule has 0 saturated carbocycles. The molecule has 1 amide bonds. The largest absolute Gasteiger partial charge is 0.496 e. The molecule has 0 radical (unpaired) electrons. The highest BCUT2D eigenvalue weighted by atomic mass is 16.6. The summed E-state index contributed by atoms with van der Waals surface area (Å²) in [4.78, 5) is 27.7. The summed E-state index contributed by atoms with van der Waals surface area (Å²) in [6.07, 6.45) is 0. The van der Waals surface area contributed by atoms with Gasteiger partial charge in [0.2, 0.25) is 0 Å². The molecule has 0 aromatic heterocycles. The Labute approximate surface area is 192 Å². The molecule has 33 heavy (non-hydrogen) atoms. The number of anilines is 1. The molecule has 4 rings (SSSR count). The predicted octanol–water partition coefficient (Wildman–Crippen LogP) is 4.14. The number of nitro groups is 1. The van der Waals surface area contributed by atoms with Crippen molar-refractivity contribution in [1.82, 2.24) is 4.90 Å². The van der Waals surface area contributed by atoms with Gasteiger partial charge in [-0.25, -0.2) is 0 Å². The van der Waals surface area contributed by atoms with Gasteiger partial charge in [-0.2, -0.15) is 0 Å². The molecule has 0 aliphatic carbocycles. The van der Waals surface area contributed by atoms with E-state index in [1.807, 2.05) is 59.5 Å². The minimum Gasteiger partial charge on any atom is -0.496 e. The number of piperazine rings is 1. The molecule has 1 heterocycles. The van der Waals surface area contributed by atoms with Gasteiger partial charge in [0.1, 0.15) is 23.8 Å². The summed E-state index contributed by atoms with van der Waals surface area (Å²) >= 11 is 0. The van der Waals surface area contributed by atoms with Crippen LogP contribution >= 0.6 is 0 Å². The highest BCUT2D eigenvalue weighted by Crippen LogP contribution is 2.32. The van der Waals surface area contributed by atoms with Crippen LogP contribution in [0.2, 0.25) is 0 Å². The van der Waals surface area contributed by atoms with Crippen LogP contribution in [-0.4, -0.2) is 49.0 Å². The average Bonchev–Trinajstić information content (AvgIpc) is 2.87. The second-order valence-corrected chi connectivity index (χ2v) is 7.69. The minimum atomic E-state index is -0.404. The zero-order valence-corrected chi connectivity index (χ0v) is 18.3. The van der Waals surface area contributed by atoms with E-state index in [1.165, 1.54) is 13.2 Å². The van der Waals surface area contributed by atoms with Crippen molar-refractivity contribution in [2.45, 2.75) is 6.61 Å². The second-order valence-electron chi connectivity index (χ2n) is 7.69. The van der Waals surface area contributed by atoms with E-state index in [4.69, 9.17) is 9.47 Å². The number of para-hydroxylation sites is 1. The maximum atomic E-state index is 12.9. The summed E-state index contributed by atoms with van der Waals surface area (Å²) in [7, 11) is 1.48. The van der Waals surface area contributed by atoms with E-state index in [1.54, 1.807) is 17.0 Å². The lowest BCUT2D eigenvalue weighted by atomic mass is 10.1. The van der Waals surface area contributed by atoms with Crippen molar-refractivity contribution < 1.29 is 19.2 Å². The number of ether oxygens (including phenoxy) is 2. The Morgan fingerprint density at radius 3 is 2.27 bits per heavy atom. The lowest BCUT2D eigenvalue weighted by molar-refractivity contribution is -0.384. The molecule has 1 fully saturated rings. The van der Waals surface area contributed by atoms with Crippen LogP contribution in [0.3, 0.4) is 0 Å². The van der Waals surface area contributed by atoms with Gasteiger partial charge >= 0.3 is 0 Å². The fourth-order valence-electron chi connectivity index (χ4n) is 3.80. The van der Waals surface area contributed by atoms with Crippen molar-refractivity contribution in [3.63, 3.8) is 0 Å². The third-order valence-corrected chi connectivity index (χ3v) is 5.64. The Bertz CT molecular complexity index is 1110. The van der Waals surface area contributed by atoms with E-state index >= 15 is 0 Å². The Morgan fingerprint density at radius 1 is 0.939 bits per heavy atom. The van der Waals surface area contributed by atoms with E-state index < -0.39 is 4.92 Å². The Hall–Kier alpha value is -4.07. The molecule has 3 aromatic rings. The van der Waals surface area contributed by atoms with Crippen LogP contribution in [0.15, 0.2) is 72.8 Å². The number of carbonyl (C=O) groups is 1. The van der Waals surface area contributed by atoms with Gasteiger partial charge in [0, 0.05) is 31.7 Å². The Morgan fingerprint density at radius 2 is 1.64 bits per heavy atom. The lowest BCUT2D eigenvalue weighted by Crippen LogP contribution is -2.49. The number of amides is 1. The Kier molecular flexibility index (Phi) is 6.73. The van der Waals surface area contributed by atoms with Crippen molar-refractivity contribution in [2.75, 3.05) is 38.2 Å². The number of nitro benzene ring substituents is 1. The van der Waals surface area contributed by atoms with Gasteiger partial charge in [-0.1, -0.05) is 30.3 Å². The summed E-state index contributed by atoms with van der Waals surface area (Å²) < 4.78 is 10.9. The number of rotatable bonds is 7. The highest BCUT2D eigenvalue weighted by molar-refractivity contribution is 5.94. The van der Waals surface area contributed by atoms with Gasteiger partial charge in [-0.15, -0.1) is 0 Å². The molecular formula is C25H25N3O5. The van der Waals surface area contributed by atoms with Gasteiger partial charge in [0.05, 0.1) is 18.1 Å². The number of hydrogen-bond donors (Lipinski definition) is 0. The van der Waals surface area contributed by atoms with Crippen molar-refractivity contribution in [1.29, 1.82) is 0 Å². The van der Waals surface area contributed by atoms with Gasteiger partial charge < -0.3 is 19.3 Å². The van der Waals surface area contributed by atoms with Crippen molar-refractivity contribution >= 4 is 17.3 Å². The zero-order valence-electron chi connectivity index (χ0n) is 18.3. The monoisotopic (exact) mass is 447 g/mol. The quantitative estimate of drug-likeness (QED) is 0.400. The first-order valence-corrected chi connectivity index (χ1v) is 10.7. The number of benzene rings is 3. The van der Waals surface area contributed by atoms with Crippen LogP contribution in [0.4, 0.5) is 11.4 Å². The number of carbonyl (C=O) groups excluding carboxylic acids is 1. The molecule has 1 aliphatic heterocycles. The van der Waals surface area contributed by atoms with Crippen LogP contribution in [0.5, 0.6) is 11.5 Å². The van der Waals surface area contributed by atoms with Crippen LogP contribution in [0.1, 0.15) is 15.9 Å². The first kappa shape index (κ1) is 22.1. The molecular weight excluding hydrogens is 422 g/mol. The maximum absolute atomic E-state index is 12.9. The zero-order chi connectivity index (χ0) is 23.2. The smallest absolute Gasteiger partial charge is 0.296 e. The maximum Gasteiger partial charge on any atom is 0.296 e. The molecule has 8 nitrogen and oxygen atoms in total. The highest BCUT2D eigenvalue weighted by Gasteiger charge is 2.26. The normalized spacial score (nSPS) is 13.5. The number of nitrogens with zero attached hydrogens (tertiary/aromatic N) is 3. The van der Waals surface area contributed by atoms with E-state index in [0.717, 1.165) is 11.3 Å². The summed E-state index contributed by atoms with van der Waals surface area (Å²) in [5.41, 5.74) is 2.13. The summed E-state index contributed by atoms with van der Waals surface area (Å²) in [5, 5.41) is 11.5. The van der Waals surface area contributed by atoms with Crippen LogP contribution in [0, 0.1) is 10.1 Å². The molecule has 1 aliphatic rings. The van der Waals surface area contributed by atoms with Crippen LogP contribution in [0.25, 0.3) is 0 Å². The number of hydrogen-bond acceptors (Lipinski definition) is 6. The van der Waals surface area contributed by atoms with Gasteiger partial charge in [-0.3, -0.25) is 14.9 Å². The lowest BCUT2D eigenvalue weighted by Gasteiger charge is -2.35. The van der Waals surface area contributed by atoms with Crippen molar-refractivity contribution in [3.8, 4) is 11.5 Å². The molecule has 170 valence electrons. The fourth-order valence-corrected chi connectivity index (χ4v) is 3.80. The third-order valence-electron chi connectivity index (χ3n) is 5.64. The third kappa shape index (κ3) is 5.23. The number of methoxy groups -OCH3 is 1. The van der Waals surface area contributed by atoms with Gasteiger partial charge in [0.15, 0.2) is 0 Å². The first-order chi connectivity index (χ1) is 16.0. The fraction of sp³-hybridized carbons (Fsp3) is 0.240. The van der Waals surface area contributed by atoms with E-state index in [-0.39, 0.29) is 11.6 Å². The molecule has 0 unspecified atom stereocenters. The standard InChI is InChI=1S/C25H25N3O5/c1-32-22-11-12-23(24(17-22)28(30)31)26-13-15-27(16-14-26)25(29)20-9-7-19(8-10-20)18-33-21-5-3-2-4-6-21/h2-12,17H,13-16,18H2,1H3. The van der Waals surface area contributed by atoms with E-state index in [0.29, 0.717) is 49.8 Å². The molecule has 0 spiro atoms. The van der Waals surface area contributed by atoms with Gasteiger partial charge in [0.25, 0.3) is 11.6 Å². The van der Waals surface area contributed by atoms with Crippen LogP contribution in [-0.2, 0) is 6.61 Å². The van der Waals surface area contributed by atoms with E-state index in [9.17, 15) is 14.9 Å². The summed E-state index contributed by atoms with van der Waals surface area (Å²) in [6.45, 7) is 2.43. The summed E-state index contributed by atoms with van der Waals surface area (Å²) in [5.74, 6) is 1.19. The molecule has 0 N–H and O–H groups in total. The molecule has 1 saturated heterocycles. The predicted molar refractivity (Wildman–Crippen MR) is 125 cm³/mol. The second kappa shape index (κ2) is 10.0. The van der Waals surface area contributed by atoms with E-state index in [2.05, 4.69) is 0 Å². The molecule has 8 heteroatoms. The topological polar surface area (TPSA) is 85.2 Å². The summed E-state index contributed by atoms with van der Waals surface area (Å²) in [6, 6.07) is 21.8.